The van der Waals surface area contributed by atoms with E-state index in [9.17, 15) is 14.3 Å². The first kappa shape index (κ1) is 15.9. The highest BCUT2D eigenvalue weighted by Crippen LogP contribution is 2.35. The Kier molecular flexibility index (Phi) is 4.43. The predicted octanol–water partition coefficient (Wildman–Crippen LogP) is 4.36. The number of nitrogens with one attached hydrogen (secondary N) is 1. The number of hydrogen-bond donors (Lipinski definition) is 2. The number of aromatic nitrogens is 1. The Balaban J connectivity index is 1.74. The second-order valence-electron chi connectivity index (χ2n) is 4.82. The van der Waals surface area contributed by atoms with Crippen molar-refractivity contribution in [3.8, 4) is 11.6 Å². The summed E-state index contributed by atoms with van der Waals surface area (Å²) >= 11 is 5.90. The first-order valence-corrected chi connectivity index (χ1v) is 7.24. The number of hydrogen-bond acceptors (Lipinski definition) is 4. The molecule has 1 amide bonds. The molecule has 2 aromatic carbocycles. The highest BCUT2D eigenvalue weighted by atomic mass is 35.5. The molecule has 0 unspecified atom stereocenters. The van der Waals surface area contributed by atoms with Crippen molar-refractivity contribution in [1.82, 2.24) is 4.98 Å². The topological polar surface area (TPSA) is 87.0 Å². The normalized spacial score (nSPS) is 11.2. The van der Waals surface area contributed by atoms with Gasteiger partial charge >= 0.3 is 5.91 Å². The van der Waals surface area contributed by atoms with E-state index >= 15 is 0 Å². The van der Waals surface area contributed by atoms with Crippen LogP contribution in [0.1, 0.15) is 0 Å². The summed E-state index contributed by atoms with van der Waals surface area (Å²) in [5, 5.41) is 17.6. The molecular formula is C16H11ClFN3O3. The largest absolute Gasteiger partial charge is 0.493 e. The van der Waals surface area contributed by atoms with Crippen LogP contribution in [-0.2, 0) is 4.79 Å². The molecule has 0 saturated heterocycles. The second-order valence-corrected chi connectivity index (χ2v) is 5.23. The molecule has 0 aliphatic carbocycles. The lowest BCUT2D eigenvalue weighted by atomic mass is 10.2. The summed E-state index contributed by atoms with van der Waals surface area (Å²) in [7, 11) is 0. The van der Waals surface area contributed by atoms with Crippen LogP contribution in [0.4, 0.5) is 10.1 Å². The van der Waals surface area contributed by atoms with Crippen LogP contribution >= 0.6 is 11.6 Å². The zero-order chi connectivity index (χ0) is 17.1. The Labute approximate surface area is 140 Å². The van der Waals surface area contributed by atoms with Gasteiger partial charge in [0.1, 0.15) is 11.6 Å². The summed E-state index contributed by atoms with van der Waals surface area (Å²) in [5.41, 5.74) is 0.457. The van der Waals surface area contributed by atoms with Crippen LogP contribution in [0.25, 0.3) is 10.9 Å². The average Bonchev–Trinajstić information content (AvgIpc) is 2.87. The molecular weight excluding hydrogens is 337 g/mol. The highest BCUT2D eigenvalue weighted by Gasteiger charge is 2.12. The summed E-state index contributed by atoms with van der Waals surface area (Å²) in [4.78, 5) is 14.4. The number of fused-ring (bicyclic) bond motifs is 1. The fourth-order valence-electron chi connectivity index (χ4n) is 2.07. The predicted molar refractivity (Wildman–Crippen MR) is 86.4 cm³/mol. The molecule has 122 valence electrons. The molecule has 0 spiro atoms. The molecule has 0 bridgehead atoms. The minimum Gasteiger partial charge on any atom is -0.493 e. The number of halogens is 2. The number of para-hydroxylation sites is 1. The lowest BCUT2D eigenvalue weighted by Gasteiger charge is -2.04. The molecule has 0 fully saturated rings. The lowest BCUT2D eigenvalue weighted by Crippen LogP contribution is -2.08. The van der Waals surface area contributed by atoms with Crippen LogP contribution in [-0.4, -0.2) is 22.6 Å². The van der Waals surface area contributed by atoms with E-state index in [1.165, 1.54) is 18.2 Å². The lowest BCUT2D eigenvalue weighted by molar-refractivity contribution is -0.120. The van der Waals surface area contributed by atoms with Crippen molar-refractivity contribution in [2.75, 3.05) is 6.61 Å². The number of nitrogens with zero attached hydrogens (tertiary/aromatic N) is 2. The van der Waals surface area contributed by atoms with Crippen LogP contribution < -0.4 is 4.74 Å². The molecule has 3 aromatic rings. The third-order valence-electron chi connectivity index (χ3n) is 3.16. The zero-order valence-electron chi connectivity index (χ0n) is 12.2. The van der Waals surface area contributed by atoms with Gasteiger partial charge < -0.3 is 14.8 Å². The number of carbonyl (C=O) groups is 1. The summed E-state index contributed by atoms with van der Waals surface area (Å²) in [6.07, 6.45) is 0. The van der Waals surface area contributed by atoms with E-state index in [-0.39, 0.29) is 18.2 Å². The van der Waals surface area contributed by atoms with Crippen LogP contribution in [0.3, 0.4) is 0 Å². The van der Waals surface area contributed by atoms with E-state index in [0.717, 1.165) is 0 Å². The van der Waals surface area contributed by atoms with E-state index in [0.29, 0.717) is 21.7 Å². The molecule has 3 rings (SSSR count). The van der Waals surface area contributed by atoms with Crippen LogP contribution in [0.15, 0.2) is 52.7 Å². The smallest absolute Gasteiger partial charge is 0.302 e. The maximum Gasteiger partial charge on any atom is 0.302 e. The van der Waals surface area contributed by atoms with Crippen molar-refractivity contribution in [2.45, 2.75) is 0 Å². The van der Waals surface area contributed by atoms with Gasteiger partial charge in [0.2, 0.25) is 5.88 Å². The first-order chi connectivity index (χ1) is 11.5. The van der Waals surface area contributed by atoms with Gasteiger partial charge in [-0.3, -0.25) is 4.79 Å². The van der Waals surface area contributed by atoms with Gasteiger partial charge in [0.15, 0.2) is 12.3 Å². The van der Waals surface area contributed by atoms with Crippen molar-refractivity contribution >= 4 is 34.1 Å². The summed E-state index contributed by atoms with van der Waals surface area (Å²) < 4.78 is 18.5. The summed E-state index contributed by atoms with van der Waals surface area (Å²) in [6, 6.07) is 10.6. The van der Waals surface area contributed by atoms with Crippen molar-refractivity contribution in [3.05, 3.63) is 53.3 Å². The number of H-pyrrole nitrogens is 1. The number of amides is 1. The fourth-order valence-corrected chi connectivity index (χ4v) is 2.26. The first-order valence-electron chi connectivity index (χ1n) is 6.86. The number of aromatic amines is 1. The molecule has 1 heterocycles. The minimum atomic E-state index is -0.680. The van der Waals surface area contributed by atoms with Crippen LogP contribution in [0, 0.1) is 5.82 Å². The molecule has 0 aliphatic heterocycles. The van der Waals surface area contributed by atoms with Gasteiger partial charge in [-0.25, -0.2) is 4.39 Å². The van der Waals surface area contributed by atoms with E-state index < -0.39 is 11.7 Å². The Morgan fingerprint density at radius 3 is 2.88 bits per heavy atom. The fraction of sp³-hybridized carbons (Fsp3) is 0.0625. The third-order valence-corrected chi connectivity index (χ3v) is 3.48. The molecule has 0 radical (unpaired) electrons. The van der Waals surface area contributed by atoms with Crippen molar-refractivity contribution in [3.63, 3.8) is 0 Å². The van der Waals surface area contributed by atoms with Gasteiger partial charge in [-0.1, -0.05) is 23.7 Å². The van der Waals surface area contributed by atoms with Gasteiger partial charge in [0.05, 0.1) is 10.5 Å². The van der Waals surface area contributed by atoms with Gasteiger partial charge in [-0.05, 0) is 30.3 Å². The van der Waals surface area contributed by atoms with Gasteiger partial charge in [-0.2, -0.15) is 0 Å². The maximum atomic E-state index is 13.3. The van der Waals surface area contributed by atoms with E-state index in [4.69, 9.17) is 16.3 Å². The third kappa shape index (κ3) is 3.36. The molecule has 2 N–H and O–H groups in total. The van der Waals surface area contributed by atoms with Crippen molar-refractivity contribution < 1.29 is 19.0 Å². The number of benzene rings is 2. The number of carbonyl (C=O) groups excluding carboxylic acids is 1. The minimum absolute atomic E-state index is 0.0180. The Morgan fingerprint density at radius 1 is 1.29 bits per heavy atom. The Bertz CT molecular complexity index is 939. The molecule has 24 heavy (non-hydrogen) atoms. The quantitative estimate of drug-likeness (QED) is 0.687. The van der Waals surface area contributed by atoms with E-state index in [2.05, 4.69) is 15.2 Å². The van der Waals surface area contributed by atoms with Crippen LogP contribution in [0.5, 0.6) is 11.6 Å². The number of rotatable bonds is 4. The molecule has 0 atom stereocenters. The van der Waals surface area contributed by atoms with E-state index in [1.807, 2.05) is 0 Å². The number of azo groups is 1. The van der Waals surface area contributed by atoms with Crippen molar-refractivity contribution in [1.29, 1.82) is 0 Å². The Morgan fingerprint density at radius 2 is 2.08 bits per heavy atom. The molecule has 0 saturated carbocycles. The average molecular weight is 348 g/mol. The molecule has 6 nitrogen and oxygen atoms in total. The molecule has 1 aromatic heterocycles. The van der Waals surface area contributed by atoms with Crippen LogP contribution in [0.2, 0.25) is 5.02 Å². The number of ether oxygens (including phenoxy) is 1. The van der Waals surface area contributed by atoms with Gasteiger partial charge in [0, 0.05) is 5.39 Å². The molecule has 8 heteroatoms. The molecule has 0 aliphatic rings. The SMILES string of the molecule is O=C(COc1ccccc1Cl)N=Nc1c(O)[nH]c2ccc(F)cc12. The summed E-state index contributed by atoms with van der Waals surface area (Å²) in [6.45, 7) is -0.370. The zero-order valence-corrected chi connectivity index (χ0v) is 12.9. The Hall–Kier alpha value is -2.93. The van der Waals surface area contributed by atoms with E-state index in [1.54, 1.807) is 24.3 Å². The van der Waals surface area contributed by atoms with Crippen molar-refractivity contribution in [2.24, 2.45) is 10.2 Å². The maximum absolute atomic E-state index is 13.3. The van der Waals surface area contributed by atoms with Gasteiger partial charge in [0.25, 0.3) is 0 Å². The second kappa shape index (κ2) is 6.67. The van der Waals surface area contributed by atoms with Gasteiger partial charge in [-0.15, -0.1) is 10.2 Å². The number of aromatic hydroxyl groups is 1. The standard InChI is InChI=1S/C16H11ClFN3O3/c17-11-3-1-2-4-13(11)24-8-14(22)20-21-15-10-7-9(18)5-6-12(10)19-16(15)23/h1-7,19,23H,8H2. The summed E-state index contributed by atoms with van der Waals surface area (Å²) in [5.74, 6) is -1.13. The highest BCUT2D eigenvalue weighted by molar-refractivity contribution is 6.32. The monoisotopic (exact) mass is 347 g/mol.